The number of carbonyl (C=O) groups is 2. The summed E-state index contributed by atoms with van der Waals surface area (Å²) in [7, 11) is 0. The van der Waals surface area contributed by atoms with Gasteiger partial charge in [0.1, 0.15) is 6.10 Å². The van der Waals surface area contributed by atoms with Crippen molar-refractivity contribution in [3.05, 3.63) is 0 Å². The molecule has 0 unspecified atom stereocenters. The smallest absolute Gasteiger partial charge is 0.409 e. The Hall–Kier alpha value is -1.30. The maximum Gasteiger partial charge on any atom is 0.409 e. The lowest BCUT2D eigenvalue weighted by Gasteiger charge is -2.39. The van der Waals surface area contributed by atoms with E-state index in [1.807, 2.05) is 6.92 Å². The predicted molar refractivity (Wildman–Crippen MR) is 94.1 cm³/mol. The lowest BCUT2D eigenvalue weighted by Crippen LogP contribution is -2.50. The number of rotatable bonds is 4. The summed E-state index contributed by atoms with van der Waals surface area (Å²) in [5.41, 5.74) is 0.360. The van der Waals surface area contributed by atoms with Gasteiger partial charge in [-0.1, -0.05) is 20.8 Å². The van der Waals surface area contributed by atoms with Crippen molar-refractivity contribution in [1.82, 2.24) is 9.80 Å². The number of nitrogens with zero attached hydrogens (tertiary/aromatic N) is 2. The van der Waals surface area contributed by atoms with Crippen LogP contribution in [0.5, 0.6) is 0 Å². The number of esters is 1. The van der Waals surface area contributed by atoms with Gasteiger partial charge in [0.05, 0.1) is 13.2 Å². The van der Waals surface area contributed by atoms with Gasteiger partial charge in [0.25, 0.3) is 0 Å². The molecule has 3 aliphatic rings. The molecule has 3 rings (SSSR count). The molecular formula is C19H32N2O4. The van der Waals surface area contributed by atoms with E-state index < -0.39 is 0 Å². The van der Waals surface area contributed by atoms with Crippen LogP contribution in [0.3, 0.4) is 0 Å². The topological polar surface area (TPSA) is 59.1 Å². The van der Waals surface area contributed by atoms with Crippen LogP contribution < -0.4 is 0 Å². The number of ether oxygens (including phenoxy) is 2. The molecule has 0 aromatic rings. The van der Waals surface area contributed by atoms with Crippen molar-refractivity contribution in [2.24, 2.45) is 16.7 Å². The van der Waals surface area contributed by atoms with Crippen molar-refractivity contribution < 1.29 is 19.1 Å². The molecule has 3 atom stereocenters. The Morgan fingerprint density at radius 1 is 1.12 bits per heavy atom. The predicted octanol–water partition coefficient (Wildman–Crippen LogP) is 2.52. The van der Waals surface area contributed by atoms with Gasteiger partial charge in [-0.2, -0.15) is 0 Å². The fourth-order valence-electron chi connectivity index (χ4n) is 4.99. The molecule has 1 aliphatic heterocycles. The summed E-state index contributed by atoms with van der Waals surface area (Å²) in [5, 5.41) is 0. The van der Waals surface area contributed by atoms with E-state index in [0.717, 1.165) is 12.8 Å². The largest absolute Gasteiger partial charge is 0.461 e. The monoisotopic (exact) mass is 352 g/mol. The number of fused-ring (bicyclic) bond motifs is 2. The number of amides is 1. The number of piperazine rings is 1. The molecule has 0 N–H and O–H groups in total. The standard InChI is InChI=1S/C19H32N2O4/c1-5-24-17(23)21-10-8-20(9-11-21)13-16(22)25-15-12-14-6-7-19(15,4)18(14,2)3/h14-15H,5-13H2,1-4H3/t14-,15+,19+/m0/s1. The molecule has 2 saturated carbocycles. The molecule has 25 heavy (non-hydrogen) atoms. The first kappa shape index (κ1) is 18.5. The fourth-order valence-corrected chi connectivity index (χ4v) is 4.99. The van der Waals surface area contributed by atoms with E-state index in [9.17, 15) is 9.59 Å². The van der Waals surface area contributed by atoms with Crippen molar-refractivity contribution >= 4 is 12.1 Å². The van der Waals surface area contributed by atoms with E-state index in [2.05, 4.69) is 25.7 Å². The Labute approximate surface area is 150 Å². The third kappa shape index (κ3) is 3.25. The molecule has 1 amide bonds. The Morgan fingerprint density at radius 2 is 1.80 bits per heavy atom. The van der Waals surface area contributed by atoms with Crippen LogP contribution in [0.2, 0.25) is 0 Å². The molecule has 2 bridgehead atoms. The first-order valence-electron chi connectivity index (χ1n) is 9.61. The zero-order valence-corrected chi connectivity index (χ0v) is 16.0. The minimum Gasteiger partial charge on any atom is -0.461 e. The molecule has 1 heterocycles. The molecule has 2 aliphatic carbocycles. The summed E-state index contributed by atoms with van der Waals surface area (Å²) in [6.45, 7) is 12.0. The summed E-state index contributed by atoms with van der Waals surface area (Å²) in [6.07, 6.45) is 3.21. The van der Waals surface area contributed by atoms with Crippen LogP contribution in [-0.2, 0) is 14.3 Å². The van der Waals surface area contributed by atoms with Gasteiger partial charge in [0.15, 0.2) is 0 Å². The average molecular weight is 352 g/mol. The highest BCUT2D eigenvalue weighted by Crippen LogP contribution is 2.66. The molecule has 0 aromatic carbocycles. The number of carbonyl (C=O) groups excluding carboxylic acids is 2. The van der Waals surface area contributed by atoms with E-state index in [1.165, 1.54) is 6.42 Å². The Kier molecular flexibility index (Phi) is 5.02. The highest BCUT2D eigenvalue weighted by molar-refractivity contribution is 5.72. The van der Waals surface area contributed by atoms with Gasteiger partial charge < -0.3 is 14.4 Å². The van der Waals surface area contributed by atoms with Crippen molar-refractivity contribution in [1.29, 1.82) is 0 Å². The lowest BCUT2D eigenvalue weighted by molar-refractivity contribution is -0.158. The van der Waals surface area contributed by atoms with Gasteiger partial charge in [-0.15, -0.1) is 0 Å². The average Bonchev–Trinajstić information content (AvgIpc) is 2.89. The maximum absolute atomic E-state index is 12.4. The van der Waals surface area contributed by atoms with Gasteiger partial charge in [0, 0.05) is 31.6 Å². The third-order valence-electron chi connectivity index (χ3n) is 7.24. The van der Waals surface area contributed by atoms with E-state index in [1.54, 1.807) is 4.90 Å². The van der Waals surface area contributed by atoms with E-state index in [4.69, 9.17) is 9.47 Å². The Bertz CT molecular complexity index is 528. The van der Waals surface area contributed by atoms with Gasteiger partial charge in [-0.3, -0.25) is 9.69 Å². The van der Waals surface area contributed by atoms with Crippen LogP contribution in [0.25, 0.3) is 0 Å². The summed E-state index contributed by atoms with van der Waals surface area (Å²) in [4.78, 5) is 27.9. The van der Waals surface area contributed by atoms with Gasteiger partial charge in [-0.05, 0) is 37.5 Å². The number of hydrogen-bond donors (Lipinski definition) is 0. The third-order valence-corrected chi connectivity index (χ3v) is 7.24. The lowest BCUT2D eigenvalue weighted by atomic mass is 9.70. The first-order chi connectivity index (χ1) is 11.8. The highest BCUT2D eigenvalue weighted by atomic mass is 16.6. The van der Waals surface area contributed by atoms with Crippen molar-refractivity contribution in [3.63, 3.8) is 0 Å². The summed E-state index contributed by atoms with van der Waals surface area (Å²) < 4.78 is 10.9. The fraction of sp³-hybridized carbons (Fsp3) is 0.895. The van der Waals surface area contributed by atoms with Crippen LogP contribution in [0.1, 0.15) is 47.0 Å². The molecule has 0 aromatic heterocycles. The summed E-state index contributed by atoms with van der Waals surface area (Å²) >= 11 is 0. The number of hydrogen-bond acceptors (Lipinski definition) is 5. The first-order valence-corrected chi connectivity index (χ1v) is 9.61. The minimum atomic E-state index is -0.262. The second kappa shape index (κ2) is 6.78. The van der Waals surface area contributed by atoms with Crippen LogP contribution in [0, 0.1) is 16.7 Å². The highest BCUT2D eigenvalue weighted by Gasteiger charge is 2.62. The molecule has 0 spiro atoms. The SMILES string of the molecule is CCOC(=O)N1CCN(CC(=O)O[C@@H]2C[C@@H]3CC[C@@]2(C)C3(C)C)CC1. The van der Waals surface area contributed by atoms with Gasteiger partial charge >= 0.3 is 12.1 Å². The van der Waals surface area contributed by atoms with Crippen molar-refractivity contribution in [2.45, 2.75) is 53.1 Å². The molecule has 0 radical (unpaired) electrons. The molecule has 6 nitrogen and oxygen atoms in total. The second-order valence-corrected chi connectivity index (χ2v) is 8.55. The molecule has 142 valence electrons. The zero-order valence-electron chi connectivity index (χ0n) is 16.0. The van der Waals surface area contributed by atoms with Gasteiger partial charge in [0.2, 0.25) is 0 Å². The van der Waals surface area contributed by atoms with Gasteiger partial charge in [-0.25, -0.2) is 4.79 Å². The van der Waals surface area contributed by atoms with Crippen LogP contribution in [-0.4, -0.2) is 67.3 Å². The molecule has 1 saturated heterocycles. The van der Waals surface area contributed by atoms with E-state index in [0.29, 0.717) is 45.2 Å². The van der Waals surface area contributed by atoms with Crippen LogP contribution in [0.4, 0.5) is 4.79 Å². The second-order valence-electron chi connectivity index (χ2n) is 8.55. The minimum absolute atomic E-state index is 0.0505. The van der Waals surface area contributed by atoms with Crippen molar-refractivity contribution in [3.8, 4) is 0 Å². The molecular weight excluding hydrogens is 320 g/mol. The maximum atomic E-state index is 12.4. The summed E-state index contributed by atoms with van der Waals surface area (Å²) in [6, 6.07) is 0. The van der Waals surface area contributed by atoms with Crippen LogP contribution in [0.15, 0.2) is 0 Å². The van der Waals surface area contributed by atoms with Crippen LogP contribution >= 0.6 is 0 Å². The quantitative estimate of drug-likeness (QED) is 0.728. The Morgan fingerprint density at radius 3 is 2.32 bits per heavy atom. The van der Waals surface area contributed by atoms with E-state index >= 15 is 0 Å². The Balaban J connectivity index is 1.46. The zero-order chi connectivity index (χ0) is 18.2. The summed E-state index contributed by atoms with van der Waals surface area (Å²) in [5.74, 6) is 0.544. The van der Waals surface area contributed by atoms with E-state index in [-0.39, 0.29) is 29.0 Å². The molecule has 3 fully saturated rings. The molecule has 6 heteroatoms. The normalized spacial score (nSPS) is 34.2. The van der Waals surface area contributed by atoms with Crippen molar-refractivity contribution in [2.75, 3.05) is 39.3 Å².